The van der Waals surface area contributed by atoms with E-state index in [0.29, 0.717) is 29.4 Å². The molecule has 0 unspecified atom stereocenters. The number of hydrogen-bond acceptors (Lipinski definition) is 6. The van der Waals surface area contributed by atoms with E-state index in [0.717, 1.165) is 26.9 Å². The molecular formula is C28H27N3O5S. The van der Waals surface area contributed by atoms with Gasteiger partial charge in [-0.3, -0.25) is 9.10 Å². The Morgan fingerprint density at radius 2 is 1.68 bits per heavy atom. The molecule has 0 atom stereocenters. The quantitative estimate of drug-likeness (QED) is 0.249. The van der Waals surface area contributed by atoms with Gasteiger partial charge in [0, 0.05) is 5.39 Å². The van der Waals surface area contributed by atoms with Crippen molar-refractivity contribution in [3.8, 4) is 11.5 Å². The van der Waals surface area contributed by atoms with Crippen LogP contribution in [0, 0.1) is 0 Å². The van der Waals surface area contributed by atoms with Crippen LogP contribution in [0.25, 0.3) is 10.8 Å². The summed E-state index contributed by atoms with van der Waals surface area (Å²) < 4.78 is 37.4. The van der Waals surface area contributed by atoms with Gasteiger partial charge in [0.1, 0.15) is 13.2 Å². The highest BCUT2D eigenvalue weighted by atomic mass is 32.2. The number of hydrazone groups is 1. The number of benzene rings is 4. The first kappa shape index (κ1) is 25.7. The lowest BCUT2D eigenvalue weighted by Crippen LogP contribution is -2.39. The molecule has 0 aliphatic rings. The van der Waals surface area contributed by atoms with E-state index >= 15 is 0 Å². The van der Waals surface area contributed by atoms with Crippen LogP contribution in [0.15, 0.2) is 96.1 Å². The fourth-order valence-electron chi connectivity index (χ4n) is 3.77. The molecule has 37 heavy (non-hydrogen) atoms. The van der Waals surface area contributed by atoms with Crippen molar-refractivity contribution in [2.45, 2.75) is 6.61 Å². The molecule has 4 aromatic carbocycles. The zero-order valence-corrected chi connectivity index (χ0v) is 21.3. The normalized spacial score (nSPS) is 11.4. The topological polar surface area (TPSA) is 97.3 Å². The molecule has 8 nitrogen and oxygen atoms in total. The molecule has 0 aliphatic heterocycles. The number of anilines is 1. The summed E-state index contributed by atoms with van der Waals surface area (Å²) in [6.45, 7) is -0.0198. The highest BCUT2D eigenvalue weighted by Crippen LogP contribution is 2.29. The third kappa shape index (κ3) is 6.65. The summed E-state index contributed by atoms with van der Waals surface area (Å²) in [6, 6.07) is 27.8. The van der Waals surface area contributed by atoms with Crippen molar-refractivity contribution >= 4 is 38.6 Å². The average molecular weight is 518 g/mol. The Labute approximate surface area is 216 Å². The maximum Gasteiger partial charge on any atom is 0.260 e. The predicted octanol–water partition coefficient (Wildman–Crippen LogP) is 4.34. The summed E-state index contributed by atoms with van der Waals surface area (Å²) in [6.07, 6.45) is 2.52. The van der Waals surface area contributed by atoms with E-state index < -0.39 is 22.5 Å². The highest BCUT2D eigenvalue weighted by Gasteiger charge is 2.22. The molecule has 0 radical (unpaired) electrons. The molecule has 0 saturated heterocycles. The number of carbonyl (C=O) groups is 1. The van der Waals surface area contributed by atoms with Gasteiger partial charge in [-0.05, 0) is 40.8 Å². The van der Waals surface area contributed by atoms with Crippen molar-refractivity contribution in [2.24, 2.45) is 5.10 Å². The van der Waals surface area contributed by atoms with Crippen LogP contribution in [0.5, 0.6) is 11.5 Å². The van der Waals surface area contributed by atoms with E-state index in [1.807, 2.05) is 60.7 Å². The van der Waals surface area contributed by atoms with E-state index in [-0.39, 0.29) is 0 Å². The van der Waals surface area contributed by atoms with Crippen LogP contribution in [0.4, 0.5) is 5.69 Å². The van der Waals surface area contributed by atoms with Crippen LogP contribution < -0.4 is 19.2 Å². The minimum absolute atomic E-state index is 0.397. The number of rotatable bonds is 10. The monoisotopic (exact) mass is 517 g/mol. The molecule has 0 aliphatic carbocycles. The summed E-state index contributed by atoms with van der Waals surface area (Å²) in [4.78, 5) is 12.6. The van der Waals surface area contributed by atoms with Crippen LogP contribution in [0.3, 0.4) is 0 Å². The molecular weight excluding hydrogens is 490 g/mol. The predicted molar refractivity (Wildman–Crippen MR) is 146 cm³/mol. The second-order valence-corrected chi connectivity index (χ2v) is 10.2. The first-order valence-electron chi connectivity index (χ1n) is 11.5. The summed E-state index contributed by atoms with van der Waals surface area (Å²) in [7, 11) is -2.19. The van der Waals surface area contributed by atoms with Gasteiger partial charge in [0.25, 0.3) is 5.91 Å². The van der Waals surface area contributed by atoms with Gasteiger partial charge in [0.2, 0.25) is 10.0 Å². The molecule has 0 aromatic heterocycles. The van der Waals surface area contributed by atoms with Crippen molar-refractivity contribution in [1.29, 1.82) is 0 Å². The zero-order chi connectivity index (χ0) is 26.3. The Morgan fingerprint density at radius 1 is 0.946 bits per heavy atom. The van der Waals surface area contributed by atoms with E-state index in [4.69, 9.17) is 9.47 Å². The Bertz CT molecular complexity index is 1520. The number of ether oxygens (including phenoxy) is 2. The third-order valence-electron chi connectivity index (χ3n) is 5.55. The Hall–Kier alpha value is -4.37. The Morgan fingerprint density at radius 3 is 2.43 bits per heavy atom. The summed E-state index contributed by atoms with van der Waals surface area (Å²) >= 11 is 0. The number of sulfonamides is 1. The van der Waals surface area contributed by atoms with Crippen molar-refractivity contribution in [2.75, 3.05) is 24.2 Å². The Kier molecular flexibility index (Phi) is 8.05. The molecule has 0 fully saturated rings. The molecule has 190 valence electrons. The second kappa shape index (κ2) is 11.6. The zero-order valence-electron chi connectivity index (χ0n) is 20.5. The van der Waals surface area contributed by atoms with Crippen LogP contribution in [-0.2, 0) is 21.4 Å². The maximum atomic E-state index is 12.6. The van der Waals surface area contributed by atoms with Crippen molar-refractivity contribution < 1.29 is 22.7 Å². The largest absolute Gasteiger partial charge is 0.493 e. The van der Waals surface area contributed by atoms with Crippen LogP contribution in [0.2, 0.25) is 0 Å². The minimum Gasteiger partial charge on any atom is -0.493 e. The summed E-state index contributed by atoms with van der Waals surface area (Å²) in [5.41, 5.74) is 4.53. The number of hydrogen-bond donors (Lipinski definition) is 1. The highest BCUT2D eigenvalue weighted by molar-refractivity contribution is 7.92. The fourth-order valence-corrected chi connectivity index (χ4v) is 4.64. The van der Waals surface area contributed by atoms with E-state index in [1.54, 1.807) is 37.4 Å². The van der Waals surface area contributed by atoms with E-state index in [2.05, 4.69) is 10.5 Å². The van der Waals surface area contributed by atoms with Crippen molar-refractivity contribution in [1.82, 2.24) is 5.43 Å². The van der Waals surface area contributed by atoms with Crippen molar-refractivity contribution in [3.63, 3.8) is 0 Å². The standard InChI is InChI=1S/C28H27N3O5S/c1-35-27-17-22(15-16-26(27)36-20-21-9-4-3-5-10-21)18-29-30-28(32)19-31(37(2,33)34)25-14-8-12-23-11-6-7-13-24(23)25/h3-18H,19-20H2,1-2H3,(H,30,32)/b29-18-. The van der Waals surface area contributed by atoms with E-state index in [1.165, 1.54) is 6.21 Å². The lowest BCUT2D eigenvalue weighted by Gasteiger charge is -2.23. The molecule has 0 heterocycles. The smallest absolute Gasteiger partial charge is 0.260 e. The number of nitrogens with zero attached hydrogens (tertiary/aromatic N) is 2. The molecule has 0 bridgehead atoms. The Balaban J connectivity index is 1.43. The summed E-state index contributed by atoms with van der Waals surface area (Å²) in [5.74, 6) is 0.515. The molecule has 4 rings (SSSR count). The molecule has 1 amide bonds. The first-order valence-corrected chi connectivity index (χ1v) is 13.3. The molecule has 0 saturated carbocycles. The van der Waals surface area contributed by atoms with Crippen molar-refractivity contribution in [3.05, 3.63) is 102 Å². The van der Waals surface area contributed by atoms with Gasteiger partial charge in [0.15, 0.2) is 11.5 Å². The lowest BCUT2D eigenvalue weighted by molar-refractivity contribution is -0.119. The van der Waals surface area contributed by atoms with Gasteiger partial charge in [-0.25, -0.2) is 13.8 Å². The first-order chi connectivity index (χ1) is 17.8. The number of carbonyl (C=O) groups excluding carboxylic acids is 1. The van der Waals surface area contributed by atoms with Gasteiger partial charge < -0.3 is 9.47 Å². The maximum absolute atomic E-state index is 12.6. The molecule has 4 aromatic rings. The number of methoxy groups -OCH3 is 1. The third-order valence-corrected chi connectivity index (χ3v) is 6.68. The van der Waals surface area contributed by atoms with Gasteiger partial charge >= 0.3 is 0 Å². The van der Waals surface area contributed by atoms with E-state index in [9.17, 15) is 13.2 Å². The van der Waals surface area contributed by atoms with Gasteiger partial charge in [-0.1, -0.05) is 66.7 Å². The minimum atomic E-state index is -3.73. The second-order valence-electron chi connectivity index (χ2n) is 8.25. The number of nitrogens with one attached hydrogen (secondary N) is 1. The summed E-state index contributed by atoms with van der Waals surface area (Å²) in [5, 5.41) is 5.59. The van der Waals surface area contributed by atoms with Gasteiger partial charge in [-0.2, -0.15) is 5.10 Å². The van der Waals surface area contributed by atoms with Gasteiger partial charge in [0.05, 0.1) is 25.3 Å². The van der Waals surface area contributed by atoms with Crippen LogP contribution in [0.1, 0.15) is 11.1 Å². The molecule has 0 spiro atoms. The average Bonchev–Trinajstić information content (AvgIpc) is 2.90. The molecule has 9 heteroatoms. The molecule has 1 N–H and O–H groups in total. The van der Waals surface area contributed by atoms with Crippen LogP contribution >= 0.6 is 0 Å². The van der Waals surface area contributed by atoms with Crippen LogP contribution in [-0.4, -0.2) is 40.4 Å². The SMILES string of the molecule is COc1cc(/C=N\NC(=O)CN(c2cccc3ccccc23)S(C)(=O)=O)ccc1OCc1ccccc1. The fraction of sp³-hybridized carbons (Fsp3) is 0.143. The van der Waals surface area contributed by atoms with Gasteiger partial charge in [-0.15, -0.1) is 0 Å². The number of fused-ring (bicyclic) bond motifs is 1. The number of amides is 1. The lowest BCUT2D eigenvalue weighted by atomic mass is 10.1.